The van der Waals surface area contributed by atoms with Crippen molar-refractivity contribution in [1.82, 2.24) is 0 Å². The first-order chi connectivity index (χ1) is 6.77. The Bertz CT molecular complexity index is 372. The van der Waals surface area contributed by atoms with Gasteiger partial charge in [0.15, 0.2) is 0 Å². The smallest absolute Gasteiger partial charge is 0.115 e. The zero-order chi connectivity index (χ0) is 10.0. The van der Waals surface area contributed by atoms with Crippen LogP contribution < -0.4 is 0 Å². The lowest BCUT2D eigenvalue weighted by Gasteiger charge is -2.28. The van der Waals surface area contributed by atoms with Gasteiger partial charge in [-0.15, -0.1) is 0 Å². The molecule has 1 heterocycles. The second-order valence-corrected chi connectivity index (χ2v) is 5.43. The van der Waals surface area contributed by atoms with E-state index in [1.165, 1.54) is 0 Å². The number of aromatic hydroxyl groups is 1. The molecular formula is C10H11NO2S. The minimum Gasteiger partial charge on any atom is -0.508 e. The highest BCUT2D eigenvalue weighted by molar-refractivity contribution is 8.42. The van der Waals surface area contributed by atoms with Crippen molar-refractivity contribution in [2.45, 2.75) is 4.90 Å². The number of phenols is 1. The van der Waals surface area contributed by atoms with E-state index in [1.807, 2.05) is 23.1 Å². The molecule has 1 unspecified atom stereocenters. The van der Waals surface area contributed by atoms with Crippen LogP contribution in [0.3, 0.4) is 0 Å². The van der Waals surface area contributed by atoms with Crippen LogP contribution in [0.15, 0.2) is 45.8 Å². The molecule has 2 rings (SSSR count). The monoisotopic (exact) mass is 209 g/mol. The van der Waals surface area contributed by atoms with Gasteiger partial charge in [-0.25, -0.2) is 0 Å². The standard InChI is InChI=1S/C10H11NO2S/c1-13-14(7-6-11-8-14)10-4-2-9(12)3-5-10/h2-8,12H,1H3. The molecule has 0 saturated heterocycles. The van der Waals surface area contributed by atoms with Crippen molar-refractivity contribution in [3.05, 3.63) is 35.9 Å². The molecule has 14 heavy (non-hydrogen) atoms. The Balaban J connectivity index is 2.42. The van der Waals surface area contributed by atoms with E-state index in [1.54, 1.807) is 25.4 Å². The zero-order valence-electron chi connectivity index (χ0n) is 7.75. The summed E-state index contributed by atoms with van der Waals surface area (Å²) in [5, 5.41) is 11.1. The van der Waals surface area contributed by atoms with Crippen molar-refractivity contribution in [3.63, 3.8) is 0 Å². The highest BCUT2D eigenvalue weighted by Gasteiger charge is 2.23. The predicted octanol–water partition coefficient (Wildman–Crippen LogP) is 2.63. The SMILES string of the molecule is COS1(c2ccc(O)cc2)C=CN=C1. The lowest BCUT2D eigenvalue weighted by molar-refractivity contribution is 0.472. The average Bonchev–Trinajstić information content (AvgIpc) is 2.68. The summed E-state index contributed by atoms with van der Waals surface area (Å²) in [6.45, 7) is 0. The number of hydrogen-bond acceptors (Lipinski definition) is 3. The van der Waals surface area contributed by atoms with Gasteiger partial charge >= 0.3 is 0 Å². The molecule has 1 atom stereocenters. The number of benzene rings is 1. The van der Waals surface area contributed by atoms with E-state index in [4.69, 9.17) is 4.18 Å². The highest BCUT2D eigenvalue weighted by Crippen LogP contribution is 2.57. The third kappa shape index (κ3) is 1.42. The van der Waals surface area contributed by atoms with Gasteiger partial charge in [0.05, 0.1) is 5.55 Å². The van der Waals surface area contributed by atoms with E-state index in [-0.39, 0.29) is 5.75 Å². The fourth-order valence-electron chi connectivity index (χ4n) is 1.28. The summed E-state index contributed by atoms with van der Waals surface area (Å²) in [7, 11) is 0.193. The Kier molecular flexibility index (Phi) is 2.31. The van der Waals surface area contributed by atoms with Gasteiger partial charge in [-0.05, 0) is 34.6 Å². The first-order valence-electron chi connectivity index (χ1n) is 4.15. The van der Waals surface area contributed by atoms with Crippen LogP contribution in [0.2, 0.25) is 0 Å². The fraction of sp³-hybridized carbons (Fsp3) is 0.100. The van der Waals surface area contributed by atoms with E-state index in [2.05, 4.69) is 4.99 Å². The molecule has 0 aliphatic carbocycles. The normalized spacial score (nSPS) is 28.9. The van der Waals surface area contributed by atoms with Gasteiger partial charge in [0.25, 0.3) is 0 Å². The Morgan fingerprint density at radius 1 is 1.29 bits per heavy atom. The Hall–Kier alpha value is -1.26. The van der Waals surface area contributed by atoms with Crippen molar-refractivity contribution in [1.29, 1.82) is 0 Å². The van der Waals surface area contributed by atoms with Gasteiger partial charge in [0, 0.05) is 23.6 Å². The summed E-state index contributed by atoms with van der Waals surface area (Å²) in [6, 6.07) is 7.03. The molecule has 0 aromatic heterocycles. The molecular weight excluding hydrogens is 198 g/mol. The Morgan fingerprint density at radius 2 is 2.00 bits per heavy atom. The topological polar surface area (TPSA) is 41.8 Å². The number of hydrogen-bond donors (Lipinski definition) is 1. The quantitative estimate of drug-likeness (QED) is 0.813. The maximum absolute atomic E-state index is 9.17. The van der Waals surface area contributed by atoms with Crippen LogP contribution in [0.25, 0.3) is 0 Å². The molecule has 74 valence electrons. The second kappa shape index (κ2) is 3.48. The molecule has 0 fully saturated rings. The van der Waals surface area contributed by atoms with Crippen LogP contribution in [0.4, 0.5) is 0 Å². The summed E-state index contributed by atoms with van der Waals surface area (Å²) in [5.74, 6) is 0.262. The molecule has 0 bridgehead atoms. The molecule has 3 nitrogen and oxygen atoms in total. The predicted molar refractivity (Wildman–Crippen MR) is 58.6 cm³/mol. The molecule has 1 aliphatic rings. The summed E-state index contributed by atoms with van der Waals surface area (Å²) >= 11 is 0. The van der Waals surface area contributed by atoms with Gasteiger partial charge in [-0.3, -0.25) is 4.99 Å². The molecule has 1 N–H and O–H groups in total. The average molecular weight is 209 g/mol. The summed E-state index contributed by atoms with van der Waals surface area (Å²) < 4.78 is 5.49. The first-order valence-corrected chi connectivity index (χ1v) is 5.83. The van der Waals surface area contributed by atoms with Crippen LogP contribution in [0.1, 0.15) is 0 Å². The molecule has 1 aliphatic heterocycles. The second-order valence-electron chi connectivity index (χ2n) is 2.85. The summed E-state index contributed by atoms with van der Waals surface area (Å²) in [6.07, 6.45) is 1.74. The Labute approximate surface area is 84.3 Å². The van der Waals surface area contributed by atoms with Crippen molar-refractivity contribution < 1.29 is 9.29 Å². The molecule has 4 heteroatoms. The van der Waals surface area contributed by atoms with Crippen molar-refractivity contribution >= 4 is 15.9 Å². The number of phenolic OH excluding ortho intramolecular Hbond substituents is 1. The van der Waals surface area contributed by atoms with Crippen LogP contribution in [0, 0.1) is 0 Å². The third-order valence-corrected chi connectivity index (χ3v) is 4.57. The highest BCUT2D eigenvalue weighted by atomic mass is 32.3. The van der Waals surface area contributed by atoms with Gasteiger partial charge in [0.1, 0.15) is 5.75 Å². The fourth-order valence-corrected chi connectivity index (χ4v) is 3.08. The van der Waals surface area contributed by atoms with Gasteiger partial charge in [-0.1, -0.05) is 0 Å². The Morgan fingerprint density at radius 3 is 2.50 bits per heavy atom. The van der Waals surface area contributed by atoms with Crippen LogP contribution in [-0.2, 0) is 4.18 Å². The first kappa shape index (κ1) is 9.30. The molecule has 0 spiro atoms. The molecule has 0 amide bonds. The maximum atomic E-state index is 9.17. The van der Waals surface area contributed by atoms with E-state index in [0.29, 0.717) is 0 Å². The third-order valence-electron chi connectivity index (χ3n) is 2.05. The van der Waals surface area contributed by atoms with E-state index < -0.39 is 10.3 Å². The number of aliphatic imine (C=N–C) groups is 1. The summed E-state index contributed by atoms with van der Waals surface area (Å²) in [5.41, 5.74) is 1.82. The maximum Gasteiger partial charge on any atom is 0.115 e. The number of nitrogens with zero attached hydrogens (tertiary/aromatic N) is 1. The molecule has 1 aromatic rings. The van der Waals surface area contributed by atoms with Crippen LogP contribution >= 0.6 is 10.3 Å². The molecule has 0 saturated carbocycles. The zero-order valence-corrected chi connectivity index (χ0v) is 8.57. The minimum absolute atomic E-state index is 0.262. The number of rotatable bonds is 2. The van der Waals surface area contributed by atoms with E-state index in [0.717, 1.165) is 4.90 Å². The van der Waals surface area contributed by atoms with Gasteiger partial charge in [0.2, 0.25) is 0 Å². The van der Waals surface area contributed by atoms with Crippen LogP contribution in [0.5, 0.6) is 5.75 Å². The lowest BCUT2D eigenvalue weighted by atomic mass is 10.3. The van der Waals surface area contributed by atoms with Crippen molar-refractivity contribution in [3.8, 4) is 5.75 Å². The molecule has 1 aromatic carbocycles. The lowest BCUT2D eigenvalue weighted by Crippen LogP contribution is -1.98. The van der Waals surface area contributed by atoms with Gasteiger partial charge in [-0.2, -0.15) is 0 Å². The van der Waals surface area contributed by atoms with E-state index in [9.17, 15) is 5.11 Å². The van der Waals surface area contributed by atoms with Crippen molar-refractivity contribution in [2.24, 2.45) is 4.99 Å². The van der Waals surface area contributed by atoms with Crippen molar-refractivity contribution in [2.75, 3.05) is 7.11 Å². The molecule has 0 radical (unpaired) electrons. The minimum atomic E-state index is -1.48. The summed E-state index contributed by atoms with van der Waals surface area (Å²) in [4.78, 5) is 5.09. The van der Waals surface area contributed by atoms with Gasteiger partial charge < -0.3 is 9.29 Å². The van der Waals surface area contributed by atoms with Crippen LogP contribution in [-0.4, -0.2) is 17.8 Å². The largest absolute Gasteiger partial charge is 0.508 e. The van der Waals surface area contributed by atoms with E-state index >= 15 is 0 Å².